The van der Waals surface area contributed by atoms with Crippen molar-refractivity contribution in [1.29, 1.82) is 0 Å². The second kappa shape index (κ2) is 8.47. The number of alkyl carbamates (subject to hydrolysis) is 1. The Labute approximate surface area is 148 Å². The Bertz CT molecular complexity index is 696. The van der Waals surface area contributed by atoms with Crippen molar-refractivity contribution in [2.24, 2.45) is 0 Å². The molecule has 130 valence electrons. The zero-order valence-electron chi connectivity index (χ0n) is 14.2. The first-order valence-corrected chi connectivity index (χ1v) is 8.83. The number of fused-ring (bicyclic) bond motifs is 3. The van der Waals surface area contributed by atoms with E-state index < -0.39 is 0 Å². The van der Waals surface area contributed by atoms with Crippen LogP contribution >= 0.6 is 0 Å². The number of amides is 1. The quantitative estimate of drug-likeness (QED) is 0.578. The van der Waals surface area contributed by atoms with Gasteiger partial charge in [-0.3, -0.25) is 0 Å². The van der Waals surface area contributed by atoms with Gasteiger partial charge in [-0.15, -0.1) is 0 Å². The molecule has 2 aromatic rings. The Morgan fingerprint density at radius 3 is 2.24 bits per heavy atom. The number of nitrogens with one attached hydrogen (secondary N) is 1. The van der Waals surface area contributed by atoms with Crippen molar-refractivity contribution in [1.82, 2.24) is 5.32 Å². The molecule has 1 N–H and O–H groups in total. The molecule has 0 heterocycles. The van der Waals surface area contributed by atoms with Gasteiger partial charge in [0, 0.05) is 18.9 Å². The first kappa shape index (κ1) is 17.2. The third kappa shape index (κ3) is 4.08. The number of aldehydes is 1. The van der Waals surface area contributed by atoms with E-state index in [1.165, 1.54) is 22.3 Å². The third-order valence-electron chi connectivity index (χ3n) is 4.61. The maximum atomic E-state index is 11.9. The first-order valence-electron chi connectivity index (χ1n) is 8.83. The molecule has 25 heavy (non-hydrogen) atoms. The Morgan fingerprint density at radius 1 is 0.960 bits per heavy atom. The lowest BCUT2D eigenvalue weighted by Gasteiger charge is -2.14. The first-order chi connectivity index (χ1) is 12.3. The highest BCUT2D eigenvalue weighted by atomic mass is 16.5. The standard InChI is InChI=1S/C21H23NO3/c23-14-8-2-1-7-13-22-21(24)25-15-20-18-11-5-3-9-16(18)17-10-4-6-12-19(17)20/h3-6,9-12,14,20H,1-2,7-8,13,15H2,(H,22,24). The number of hydrogen-bond acceptors (Lipinski definition) is 3. The molecule has 0 spiro atoms. The third-order valence-corrected chi connectivity index (χ3v) is 4.61. The van der Waals surface area contributed by atoms with Gasteiger partial charge in [-0.05, 0) is 35.1 Å². The van der Waals surface area contributed by atoms with Crippen LogP contribution in [0.1, 0.15) is 42.7 Å². The van der Waals surface area contributed by atoms with Gasteiger partial charge in [0.2, 0.25) is 0 Å². The van der Waals surface area contributed by atoms with Crippen LogP contribution in [0.5, 0.6) is 0 Å². The molecule has 4 nitrogen and oxygen atoms in total. The fourth-order valence-corrected chi connectivity index (χ4v) is 3.37. The number of ether oxygens (including phenoxy) is 1. The molecule has 0 aliphatic heterocycles. The number of carbonyl (C=O) groups excluding carboxylic acids is 2. The van der Waals surface area contributed by atoms with E-state index in [2.05, 4.69) is 29.6 Å². The average Bonchev–Trinajstić information content (AvgIpc) is 2.97. The molecule has 0 fully saturated rings. The summed E-state index contributed by atoms with van der Waals surface area (Å²) in [6, 6.07) is 16.6. The monoisotopic (exact) mass is 337 g/mol. The van der Waals surface area contributed by atoms with Crippen LogP contribution in [0.3, 0.4) is 0 Å². The van der Waals surface area contributed by atoms with Crippen molar-refractivity contribution in [3.63, 3.8) is 0 Å². The predicted molar refractivity (Wildman–Crippen MR) is 97.6 cm³/mol. The van der Waals surface area contributed by atoms with Crippen molar-refractivity contribution < 1.29 is 14.3 Å². The van der Waals surface area contributed by atoms with Gasteiger partial charge >= 0.3 is 6.09 Å². The summed E-state index contributed by atoms with van der Waals surface area (Å²) in [4.78, 5) is 22.2. The van der Waals surface area contributed by atoms with Gasteiger partial charge in [-0.25, -0.2) is 4.79 Å². The molecule has 0 unspecified atom stereocenters. The summed E-state index contributed by atoms with van der Waals surface area (Å²) in [5.41, 5.74) is 4.88. The van der Waals surface area contributed by atoms with Gasteiger partial charge in [0.05, 0.1) is 0 Å². The van der Waals surface area contributed by atoms with Crippen LogP contribution in [0.15, 0.2) is 48.5 Å². The van der Waals surface area contributed by atoms with Gasteiger partial charge in [-0.1, -0.05) is 55.0 Å². The summed E-state index contributed by atoms with van der Waals surface area (Å²) in [7, 11) is 0. The topological polar surface area (TPSA) is 55.4 Å². The SMILES string of the molecule is O=CCCCCCNC(=O)OCC1c2ccccc2-c2ccccc21. The van der Waals surface area contributed by atoms with Crippen LogP contribution in [-0.4, -0.2) is 25.5 Å². The van der Waals surface area contributed by atoms with Gasteiger partial charge in [0.15, 0.2) is 0 Å². The van der Waals surface area contributed by atoms with E-state index in [4.69, 9.17) is 4.74 Å². The number of hydrogen-bond donors (Lipinski definition) is 1. The fourth-order valence-electron chi connectivity index (χ4n) is 3.37. The Morgan fingerprint density at radius 2 is 1.60 bits per heavy atom. The zero-order valence-corrected chi connectivity index (χ0v) is 14.2. The molecule has 0 bridgehead atoms. The van der Waals surface area contributed by atoms with E-state index in [1.54, 1.807) is 0 Å². The number of rotatable bonds is 8. The number of carbonyl (C=O) groups is 2. The van der Waals surface area contributed by atoms with E-state index in [1.807, 2.05) is 24.3 Å². The molecule has 0 atom stereocenters. The van der Waals surface area contributed by atoms with Crippen LogP contribution in [0, 0.1) is 0 Å². The molecule has 4 heteroatoms. The highest BCUT2D eigenvalue weighted by Gasteiger charge is 2.28. The normalized spacial score (nSPS) is 12.3. The van der Waals surface area contributed by atoms with E-state index in [9.17, 15) is 9.59 Å². The molecule has 0 aromatic heterocycles. The molecule has 0 saturated heterocycles. The molecule has 3 rings (SSSR count). The zero-order chi connectivity index (χ0) is 17.5. The maximum Gasteiger partial charge on any atom is 0.407 e. The van der Waals surface area contributed by atoms with Crippen molar-refractivity contribution >= 4 is 12.4 Å². The molecule has 0 saturated carbocycles. The predicted octanol–water partition coefficient (Wildman–Crippen LogP) is 4.28. The van der Waals surface area contributed by atoms with Crippen LogP contribution in [-0.2, 0) is 9.53 Å². The average molecular weight is 337 g/mol. The van der Waals surface area contributed by atoms with E-state index in [0.29, 0.717) is 19.6 Å². The van der Waals surface area contributed by atoms with E-state index in [0.717, 1.165) is 25.5 Å². The largest absolute Gasteiger partial charge is 0.449 e. The van der Waals surface area contributed by atoms with Crippen LogP contribution in [0.25, 0.3) is 11.1 Å². The smallest absolute Gasteiger partial charge is 0.407 e. The molecule has 1 aliphatic rings. The van der Waals surface area contributed by atoms with Gasteiger partial charge < -0.3 is 14.8 Å². The Balaban J connectivity index is 1.53. The lowest BCUT2D eigenvalue weighted by atomic mass is 9.98. The summed E-state index contributed by atoms with van der Waals surface area (Å²) < 4.78 is 5.46. The number of unbranched alkanes of at least 4 members (excludes halogenated alkanes) is 3. The molecule has 1 amide bonds. The molecule has 1 aliphatic carbocycles. The lowest BCUT2D eigenvalue weighted by Crippen LogP contribution is -2.27. The van der Waals surface area contributed by atoms with Gasteiger partial charge in [-0.2, -0.15) is 0 Å². The summed E-state index contributed by atoms with van der Waals surface area (Å²) in [6.45, 7) is 0.917. The number of benzene rings is 2. The van der Waals surface area contributed by atoms with Crippen molar-refractivity contribution in [3.8, 4) is 11.1 Å². The van der Waals surface area contributed by atoms with Crippen LogP contribution < -0.4 is 5.32 Å². The lowest BCUT2D eigenvalue weighted by molar-refractivity contribution is -0.107. The summed E-state index contributed by atoms with van der Waals surface area (Å²) in [5.74, 6) is 0.0886. The van der Waals surface area contributed by atoms with Crippen molar-refractivity contribution in [3.05, 3.63) is 59.7 Å². The molecule has 0 radical (unpaired) electrons. The van der Waals surface area contributed by atoms with Gasteiger partial charge in [0.25, 0.3) is 0 Å². The Hall–Kier alpha value is -2.62. The molecular formula is C21H23NO3. The minimum Gasteiger partial charge on any atom is -0.449 e. The highest BCUT2D eigenvalue weighted by Crippen LogP contribution is 2.44. The maximum absolute atomic E-state index is 11.9. The Kier molecular flexibility index (Phi) is 5.83. The molecular weight excluding hydrogens is 314 g/mol. The van der Waals surface area contributed by atoms with Crippen molar-refractivity contribution in [2.45, 2.75) is 31.6 Å². The van der Waals surface area contributed by atoms with Crippen molar-refractivity contribution in [2.75, 3.05) is 13.2 Å². The highest BCUT2D eigenvalue weighted by molar-refractivity contribution is 5.79. The summed E-state index contributed by atoms with van der Waals surface area (Å²) in [6.07, 6.45) is 3.80. The second-order valence-electron chi connectivity index (χ2n) is 6.27. The summed E-state index contributed by atoms with van der Waals surface area (Å²) in [5, 5.41) is 2.78. The van der Waals surface area contributed by atoms with Crippen LogP contribution in [0.4, 0.5) is 4.79 Å². The fraction of sp³-hybridized carbons (Fsp3) is 0.333. The second-order valence-corrected chi connectivity index (χ2v) is 6.27. The van der Waals surface area contributed by atoms with Crippen LogP contribution in [0.2, 0.25) is 0 Å². The minimum atomic E-state index is -0.378. The van der Waals surface area contributed by atoms with E-state index >= 15 is 0 Å². The van der Waals surface area contributed by atoms with E-state index in [-0.39, 0.29) is 12.0 Å². The van der Waals surface area contributed by atoms with Gasteiger partial charge in [0.1, 0.15) is 12.9 Å². The minimum absolute atomic E-state index is 0.0886. The summed E-state index contributed by atoms with van der Waals surface area (Å²) >= 11 is 0. The molecule has 2 aromatic carbocycles.